The maximum atomic E-state index is 4.03. The Hall–Kier alpha value is -0.520. The van der Waals surface area contributed by atoms with E-state index in [4.69, 9.17) is 0 Å². The van der Waals surface area contributed by atoms with Crippen LogP contribution in [0.3, 0.4) is 0 Å². The lowest BCUT2D eigenvalue weighted by molar-refractivity contribution is 0.382. The lowest BCUT2D eigenvalue weighted by Gasteiger charge is -2.16. The Bertz CT molecular complexity index is 961. The summed E-state index contributed by atoms with van der Waals surface area (Å²) in [7, 11) is 0. The highest BCUT2D eigenvalue weighted by Crippen LogP contribution is 2.26. The fourth-order valence-corrected chi connectivity index (χ4v) is 12.5. The first-order chi connectivity index (χ1) is 36.3. The van der Waals surface area contributed by atoms with Crippen LogP contribution in [0.1, 0.15) is 431 Å². The van der Waals surface area contributed by atoms with Gasteiger partial charge in [-0.3, -0.25) is 0 Å². The van der Waals surface area contributed by atoms with Crippen molar-refractivity contribution in [3.05, 3.63) is 25.3 Å². The molecule has 0 radical (unpaired) electrons. The summed E-state index contributed by atoms with van der Waals surface area (Å²) in [5.74, 6) is 1.92. The van der Waals surface area contributed by atoms with Gasteiger partial charge in [-0.25, -0.2) is 0 Å². The summed E-state index contributed by atoms with van der Waals surface area (Å²) in [4.78, 5) is 0. The average Bonchev–Trinajstić information content (AvgIpc) is 3.40. The highest BCUT2D eigenvalue weighted by atomic mass is 14.2. The van der Waals surface area contributed by atoms with Crippen molar-refractivity contribution >= 4 is 0 Å². The van der Waals surface area contributed by atoms with Gasteiger partial charge in [-0.05, 0) is 37.5 Å². The van der Waals surface area contributed by atoms with Gasteiger partial charge in [-0.2, -0.15) is 0 Å². The van der Waals surface area contributed by atoms with Crippen molar-refractivity contribution in [2.45, 2.75) is 431 Å². The lowest BCUT2D eigenvalue weighted by Crippen LogP contribution is -2.01. The fraction of sp³-hybridized carbons (Fsp3) is 0.945. The first-order valence-electron chi connectivity index (χ1n) is 35.5. The van der Waals surface area contributed by atoms with Crippen molar-refractivity contribution in [2.75, 3.05) is 0 Å². The van der Waals surface area contributed by atoms with Crippen LogP contribution in [-0.4, -0.2) is 0 Å². The van der Waals surface area contributed by atoms with Crippen molar-refractivity contribution in [2.24, 2.45) is 11.8 Å². The van der Waals surface area contributed by atoms with Crippen molar-refractivity contribution in [3.63, 3.8) is 0 Å². The SMILES string of the molecule is C=CCCC(CCCCCCCCCCCCCCC)CCCCCCCCCCCCCCCCCCCCCCCCCCCCCCCC(CCC=C)CCCCCCCCCCCCCCCCC. The number of unbranched alkanes of at least 4 members (excludes halogenated alkanes) is 54. The van der Waals surface area contributed by atoms with Crippen molar-refractivity contribution in [1.82, 2.24) is 0 Å². The summed E-state index contributed by atoms with van der Waals surface area (Å²) in [6.45, 7) is 12.7. The maximum absolute atomic E-state index is 4.03. The second-order valence-electron chi connectivity index (χ2n) is 25.1. The normalized spacial score (nSPS) is 12.5. The molecule has 0 aliphatic carbocycles. The molecule has 0 aliphatic heterocycles. The van der Waals surface area contributed by atoms with Gasteiger partial charge in [0.15, 0.2) is 0 Å². The van der Waals surface area contributed by atoms with Gasteiger partial charge in [0, 0.05) is 0 Å². The Kier molecular flexibility index (Phi) is 67.1. The summed E-state index contributed by atoms with van der Waals surface area (Å²) in [5, 5.41) is 0. The standard InChI is InChI=1S/C73H144/c1-5-9-13-15-17-19-21-23-39-43-47-51-55-59-63-69-73(67-12-8-4)71-65-61-57-53-49-45-41-38-36-34-32-30-28-26-24-25-27-29-31-33-35-37-40-44-48-52-56-60-64-70-72(66-11-7-3)68-62-58-54-50-46-42-22-20-18-16-14-10-6-2/h7-8,72-73H,3-6,9-71H2,1-2H3. The Labute approximate surface area is 466 Å². The Balaban J connectivity index is 3.42. The zero-order chi connectivity index (χ0) is 52.5. The van der Waals surface area contributed by atoms with Crippen molar-refractivity contribution in [3.8, 4) is 0 Å². The molecule has 73 heavy (non-hydrogen) atoms. The smallest absolute Gasteiger partial charge is 0.0351 e. The van der Waals surface area contributed by atoms with Crippen LogP contribution < -0.4 is 0 Å². The fourth-order valence-electron chi connectivity index (χ4n) is 12.5. The first-order valence-corrected chi connectivity index (χ1v) is 35.5. The predicted octanol–water partition coefficient (Wildman–Crippen LogP) is 28.0. The Morgan fingerprint density at radius 1 is 0.178 bits per heavy atom. The molecular formula is C73H144. The van der Waals surface area contributed by atoms with E-state index < -0.39 is 0 Å². The molecule has 0 spiro atoms. The van der Waals surface area contributed by atoms with E-state index in [9.17, 15) is 0 Å². The second-order valence-corrected chi connectivity index (χ2v) is 25.1. The van der Waals surface area contributed by atoms with E-state index >= 15 is 0 Å². The molecule has 0 aromatic rings. The lowest BCUT2D eigenvalue weighted by atomic mass is 9.90. The van der Waals surface area contributed by atoms with Gasteiger partial charge in [0.2, 0.25) is 0 Å². The molecule has 0 rings (SSSR count). The van der Waals surface area contributed by atoms with Crippen LogP contribution in [0.2, 0.25) is 0 Å². The minimum atomic E-state index is 0.959. The van der Waals surface area contributed by atoms with Gasteiger partial charge < -0.3 is 0 Å². The molecule has 0 saturated heterocycles. The minimum absolute atomic E-state index is 0.959. The molecule has 0 aliphatic rings. The maximum Gasteiger partial charge on any atom is -0.0351 e. The molecule has 0 aromatic heterocycles. The zero-order valence-electron chi connectivity index (χ0n) is 51.7. The minimum Gasteiger partial charge on any atom is -0.103 e. The number of allylic oxidation sites excluding steroid dienone is 2. The van der Waals surface area contributed by atoms with Crippen LogP contribution in [0.25, 0.3) is 0 Å². The van der Waals surface area contributed by atoms with E-state index in [2.05, 4.69) is 39.2 Å². The van der Waals surface area contributed by atoms with Gasteiger partial charge in [-0.1, -0.05) is 418 Å². The van der Waals surface area contributed by atoms with E-state index in [-0.39, 0.29) is 0 Å². The molecule has 0 bridgehead atoms. The molecule has 0 amide bonds. The van der Waals surface area contributed by atoms with Gasteiger partial charge in [0.05, 0.1) is 0 Å². The van der Waals surface area contributed by atoms with Gasteiger partial charge in [0.1, 0.15) is 0 Å². The number of rotatable bonds is 68. The summed E-state index contributed by atoms with van der Waals surface area (Å²) in [5.41, 5.74) is 0. The highest BCUT2D eigenvalue weighted by molar-refractivity contribution is 4.72. The molecule has 2 atom stereocenters. The molecule has 0 heterocycles. The summed E-state index contributed by atoms with van der Waals surface area (Å²) >= 11 is 0. The van der Waals surface area contributed by atoms with Crippen LogP contribution in [0.5, 0.6) is 0 Å². The topological polar surface area (TPSA) is 0 Å². The van der Waals surface area contributed by atoms with Crippen molar-refractivity contribution < 1.29 is 0 Å². The molecule has 0 saturated carbocycles. The van der Waals surface area contributed by atoms with E-state index in [0.717, 1.165) is 11.8 Å². The molecule has 2 unspecified atom stereocenters. The highest BCUT2D eigenvalue weighted by Gasteiger charge is 2.10. The quantitative estimate of drug-likeness (QED) is 0.0421. The van der Waals surface area contributed by atoms with Crippen LogP contribution >= 0.6 is 0 Å². The molecule has 436 valence electrons. The van der Waals surface area contributed by atoms with Crippen LogP contribution in [0, 0.1) is 11.8 Å². The van der Waals surface area contributed by atoms with E-state index in [1.807, 2.05) is 0 Å². The third kappa shape index (κ3) is 63.9. The molecule has 0 nitrogen and oxygen atoms in total. The third-order valence-corrected chi connectivity index (χ3v) is 17.7. The van der Waals surface area contributed by atoms with E-state index in [1.54, 1.807) is 0 Å². The largest absolute Gasteiger partial charge is 0.103 e. The Morgan fingerprint density at radius 2 is 0.301 bits per heavy atom. The third-order valence-electron chi connectivity index (χ3n) is 17.7. The number of hydrogen-bond acceptors (Lipinski definition) is 0. The summed E-state index contributed by atoms with van der Waals surface area (Å²) < 4.78 is 0. The van der Waals surface area contributed by atoms with Gasteiger partial charge in [-0.15, -0.1) is 13.2 Å². The monoisotopic (exact) mass is 1020 g/mol. The summed E-state index contributed by atoms with van der Waals surface area (Å²) in [6, 6.07) is 0. The van der Waals surface area contributed by atoms with Gasteiger partial charge in [0.25, 0.3) is 0 Å². The van der Waals surface area contributed by atoms with Crippen molar-refractivity contribution in [1.29, 1.82) is 0 Å². The first kappa shape index (κ1) is 72.5. The predicted molar refractivity (Wildman–Crippen MR) is 339 cm³/mol. The Morgan fingerprint density at radius 3 is 0.425 bits per heavy atom. The van der Waals surface area contributed by atoms with E-state index in [0.29, 0.717) is 0 Å². The van der Waals surface area contributed by atoms with E-state index in [1.165, 1.54) is 417 Å². The molecule has 0 aromatic carbocycles. The second kappa shape index (κ2) is 67.6. The van der Waals surface area contributed by atoms with Crippen LogP contribution in [0.4, 0.5) is 0 Å². The zero-order valence-corrected chi connectivity index (χ0v) is 51.7. The van der Waals surface area contributed by atoms with Gasteiger partial charge >= 0.3 is 0 Å². The molecule has 0 fully saturated rings. The molecular weight excluding hydrogens is 877 g/mol. The molecule has 0 heteroatoms. The van der Waals surface area contributed by atoms with Crippen LogP contribution in [-0.2, 0) is 0 Å². The number of hydrogen-bond donors (Lipinski definition) is 0. The summed E-state index contributed by atoms with van der Waals surface area (Å²) in [6.07, 6.45) is 99.6. The average molecular weight is 1020 g/mol. The molecule has 0 N–H and O–H groups in total. The van der Waals surface area contributed by atoms with Crippen LogP contribution in [0.15, 0.2) is 25.3 Å².